The van der Waals surface area contributed by atoms with Gasteiger partial charge in [0.05, 0.1) is 28.8 Å². The summed E-state index contributed by atoms with van der Waals surface area (Å²) in [5.41, 5.74) is 0.468. The van der Waals surface area contributed by atoms with Crippen LogP contribution in [-0.2, 0) is 30.4 Å². The zero-order chi connectivity index (χ0) is 35.1. The first kappa shape index (κ1) is 34.8. The van der Waals surface area contributed by atoms with Crippen LogP contribution >= 0.6 is 11.6 Å². The summed E-state index contributed by atoms with van der Waals surface area (Å²) < 4.78 is 5.18. The fourth-order valence-electron chi connectivity index (χ4n) is 5.65. The van der Waals surface area contributed by atoms with Gasteiger partial charge in [-0.1, -0.05) is 95.6 Å². The van der Waals surface area contributed by atoms with E-state index in [1.54, 1.807) is 62.4 Å². The Hall–Kier alpha value is -5.55. The molecule has 4 aromatic rings. The lowest BCUT2D eigenvalue weighted by Crippen LogP contribution is -2.55. The molecule has 4 aromatic carbocycles. The third-order valence-electron chi connectivity index (χ3n) is 8.28. The molecule has 3 N–H and O–H groups in total. The van der Waals surface area contributed by atoms with Crippen LogP contribution in [0.25, 0.3) is 10.8 Å². The van der Waals surface area contributed by atoms with E-state index in [1.165, 1.54) is 6.07 Å². The van der Waals surface area contributed by atoms with E-state index in [-0.39, 0.29) is 29.3 Å². The van der Waals surface area contributed by atoms with E-state index in [1.807, 2.05) is 36.4 Å². The van der Waals surface area contributed by atoms with Crippen molar-refractivity contribution in [2.45, 2.75) is 50.8 Å². The Morgan fingerprint density at radius 3 is 2.37 bits per heavy atom. The van der Waals surface area contributed by atoms with Crippen molar-refractivity contribution in [2.75, 3.05) is 6.61 Å². The van der Waals surface area contributed by atoms with E-state index < -0.39 is 54.3 Å². The van der Waals surface area contributed by atoms with Crippen LogP contribution in [0, 0.1) is 6.92 Å². The summed E-state index contributed by atoms with van der Waals surface area (Å²) in [6.07, 6.45) is -0.829. The van der Waals surface area contributed by atoms with Crippen molar-refractivity contribution >= 4 is 57.6 Å². The topological polar surface area (TPSA) is 160 Å². The van der Waals surface area contributed by atoms with Crippen LogP contribution < -0.4 is 10.6 Å². The fraction of sp³-hybridized carbons (Fsp3) is 0.243. The number of carboxylic acid groups (broad SMARTS) is 1. The highest BCUT2D eigenvalue weighted by Crippen LogP contribution is 2.31. The number of carbonyl (C=O) groups is 5. The standard InChI is InChI=1S/C37H34ClN3O8/c1-22-10-8-17-28(38)33(22)35(46)48-21-31(42)29(18-32(43)44)40-36(47)37(19-24-11-4-3-5-12-24)20-30(41-49-37)23(2)39-34(45)27-16-9-14-25-13-6-7-15-26(25)27/h3-17,23,29H,18-21H2,1-2H3,(H,39,45)(H,40,47)(H,43,44)/t23-,29-,37?/m0/s1. The molecule has 0 spiro atoms. The highest BCUT2D eigenvalue weighted by atomic mass is 35.5. The van der Waals surface area contributed by atoms with Gasteiger partial charge in [-0.25, -0.2) is 4.79 Å². The van der Waals surface area contributed by atoms with Crippen LogP contribution in [0.5, 0.6) is 0 Å². The number of ether oxygens (including phenoxy) is 1. The van der Waals surface area contributed by atoms with Gasteiger partial charge in [0.25, 0.3) is 11.8 Å². The number of hydrogen-bond acceptors (Lipinski definition) is 8. The summed E-state index contributed by atoms with van der Waals surface area (Å²) in [6, 6.07) is 24.5. The lowest BCUT2D eigenvalue weighted by molar-refractivity contribution is -0.148. The minimum Gasteiger partial charge on any atom is -0.481 e. The van der Waals surface area contributed by atoms with E-state index >= 15 is 0 Å². The normalized spacial score (nSPS) is 16.5. The summed E-state index contributed by atoms with van der Waals surface area (Å²) in [6.45, 7) is 2.55. The molecule has 0 radical (unpaired) electrons. The van der Waals surface area contributed by atoms with Gasteiger partial charge in [0.1, 0.15) is 6.04 Å². The molecule has 1 unspecified atom stereocenters. The summed E-state index contributed by atoms with van der Waals surface area (Å²) in [4.78, 5) is 70.9. The Labute approximate surface area is 287 Å². The number of esters is 1. The second kappa shape index (κ2) is 15.1. The molecule has 0 fully saturated rings. The molecule has 0 aromatic heterocycles. The molecule has 11 nitrogen and oxygen atoms in total. The first-order chi connectivity index (χ1) is 23.5. The number of ketones is 1. The van der Waals surface area contributed by atoms with Gasteiger partial charge >= 0.3 is 11.9 Å². The Morgan fingerprint density at radius 2 is 1.63 bits per heavy atom. The fourth-order valence-corrected chi connectivity index (χ4v) is 5.95. The number of halogens is 1. The largest absolute Gasteiger partial charge is 0.481 e. The second-order valence-corrected chi connectivity index (χ2v) is 12.2. The smallest absolute Gasteiger partial charge is 0.340 e. The lowest BCUT2D eigenvalue weighted by Gasteiger charge is -2.28. The number of nitrogens with zero attached hydrogens (tertiary/aromatic N) is 1. The minimum absolute atomic E-state index is 0.0193. The summed E-state index contributed by atoms with van der Waals surface area (Å²) in [5.74, 6) is -4.22. The Morgan fingerprint density at radius 1 is 0.939 bits per heavy atom. The number of aliphatic carboxylic acids is 1. The second-order valence-electron chi connectivity index (χ2n) is 11.8. The highest BCUT2D eigenvalue weighted by molar-refractivity contribution is 6.33. The predicted octanol–water partition coefficient (Wildman–Crippen LogP) is 5.06. The molecule has 1 aliphatic rings. The molecular weight excluding hydrogens is 650 g/mol. The molecule has 1 heterocycles. The number of nitrogens with one attached hydrogen (secondary N) is 2. The average molecular weight is 684 g/mol. The molecule has 0 saturated heterocycles. The first-order valence-corrected chi connectivity index (χ1v) is 15.9. The zero-order valence-corrected chi connectivity index (χ0v) is 27.5. The van der Waals surface area contributed by atoms with Gasteiger partial charge in [0, 0.05) is 18.4 Å². The van der Waals surface area contributed by atoms with E-state index in [0.29, 0.717) is 22.4 Å². The molecular formula is C37H34ClN3O8. The molecule has 252 valence electrons. The van der Waals surface area contributed by atoms with Gasteiger partial charge in [-0.05, 0) is 47.9 Å². The minimum atomic E-state index is -1.68. The molecule has 12 heteroatoms. The number of Topliss-reactive ketones (excluding diaryl/α,β-unsaturated/α-hetero) is 1. The van der Waals surface area contributed by atoms with Crippen molar-refractivity contribution in [1.82, 2.24) is 10.6 Å². The number of hydrogen-bond donors (Lipinski definition) is 3. The third kappa shape index (κ3) is 8.13. The number of aryl methyl sites for hydroxylation is 1. The lowest BCUT2D eigenvalue weighted by atomic mass is 9.87. The van der Waals surface area contributed by atoms with E-state index in [4.69, 9.17) is 21.2 Å². The van der Waals surface area contributed by atoms with Crippen molar-refractivity contribution in [3.63, 3.8) is 0 Å². The Balaban J connectivity index is 1.32. The molecule has 3 atom stereocenters. The quantitative estimate of drug-likeness (QED) is 0.165. The maximum Gasteiger partial charge on any atom is 0.340 e. The van der Waals surface area contributed by atoms with Gasteiger partial charge in [0.2, 0.25) is 5.60 Å². The molecule has 0 saturated carbocycles. The average Bonchev–Trinajstić information content (AvgIpc) is 3.52. The van der Waals surface area contributed by atoms with Crippen LogP contribution in [0.15, 0.2) is 96.2 Å². The number of oxime groups is 1. The number of carbonyl (C=O) groups excluding carboxylic acids is 4. The summed E-state index contributed by atoms with van der Waals surface area (Å²) in [7, 11) is 0. The maximum atomic E-state index is 14.0. The molecule has 49 heavy (non-hydrogen) atoms. The van der Waals surface area contributed by atoms with Gasteiger partial charge in [-0.3, -0.25) is 19.2 Å². The zero-order valence-electron chi connectivity index (χ0n) is 26.8. The van der Waals surface area contributed by atoms with Crippen molar-refractivity contribution in [1.29, 1.82) is 0 Å². The van der Waals surface area contributed by atoms with Gasteiger partial charge in [-0.2, -0.15) is 0 Å². The summed E-state index contributed by atoms with van der Waals surface area (Å²) >= 11 is 6.14. The summed E-state index contributed by atoms with van der Waals surface area (Å²) in [5, 5.41) is 21.0. The molecule has 1 aliphatic heterocycles. The monoisotopic (exact) mass is 683 g/mol. The molecule has 0 aliphatic carbocycles. The number of fused-ring (bicyclic) bond motifs is 1. The van der Waals surface area contributed by atoms with Gasteiger partial charge in [-0.15, -0.1) is 0 Å². The number of carboxylic acids is 1. The third-order valence-corrected chi connectivity index (χ3v) is 8.59. The van der Waals surface area contributed by atoms with Crippen LogP contribution in [0.4, 0.5) is 0 Å². The van der Waals surface area contributed by atoms with E-state index in [9.17, 15) is 29.1 Å². The van der Waals surface area contributed by atoms with Crippen molar-refractivity contribution in [3.8, 4) is 0 Å². The van der Waals surface area contributed by atoms with Crippen molar-refractivity contribution < 1.29 is 38.7 Å². The highest BCUT2D eigenvalue weighted by Gasteiger charge is 2.49. The van der Waals surface area contributed by atoms with Crippen LogP contribution in [-0.4, -0.2) is 64.6 Å². The number of rotatable bonds is 13. The van der Waals surface area contributed by atoms with Crippen LogP contribution in [0.2, 0.25) is 5.02 Å². The number of benzene rings is 4. The van der Waals surface area contributed by atoms with Crippen molar-refractivity contribution in [2.24, 2.45) is 5.16 Å². The maximum absolute atomic E-state index is 14.0. The Bertz CT molecular complexity index is 1920. The Kier molecular flexibility index (Phi) is 10.7. The van der Waals surface area contributed by atoms with Crippen LogP contribution in [0.3, 0.4) is 0 Å². The SMILES string of the molecule is Cc1cccc(Cl)c1C(=O)OCC(=O)[C@H](CC(=O)O)NC(=O)C1(Cc2ccccc2)CC([C@H](C)NC(=O)c2cccc3ccccc23)=NO1. The van der Waals surface area contributed by atoms with Crippen LogP contribution in [0.1, 0.15) is 51.6 Å². The van der Waals surface area contributed by atoms with E-state index in [2.05, 4.69) is 15.8 Å². The van der Waals surface area contributed by atoms with Gasteiger partial charge < -0.3 is 25.3 Å². The molecule has 0 bridgehead atoms. The van der Waals surface area contributed by atoms with Crippen molar-refractivity contribution in [3.05, 3.63) is 118 Å². The number of amides is 2. The van der Waals surface area contributed by atoms with E-state index in [0.717, 1.165) is 10.8 Å². The van der Waals surface area contributed by atoms with Gasteiger partial charge in [0.15, 0.2) is 12.4 Å². The molecule has 5 rings (SSSR count). The molecule has 2 amide bonds. The first-order valence-electron chi connectivity index (χ1n) is 15.5. The predicted molar refractivity (Wildman–Crippen MR) is 183 cm³/mol.